The number of nitrogens with two attached hydrogens (primary N) is 1. The highest BCUT2D eigenvalue weighted by atomic mass is 16.4. The second-order valence-corrected chi connectivity index (χ2v) is 6.74. The Balaban J connectivity index is 1.79. The fraction of sp³-hybridized carbons (Fsp3) is 0.867. The third-order valence-electron chi connectivity index (χ3n) is 5.32. The molecule has 2 amide bonds. The number of piperidine rings is 1. The van der Waals surface area contributed by atoms with Crippen LogP contribution in [0, 0.1) is 5.92 Å². The minimum Gasteiger partial charge on any atom is -0.480 e. The second-order valence-electron chi connectivity index (χ2n) is 6.74. The van der Waals surface area contributed by atoms with Crippen molar-refractivity contribution in [1.29, 1.82) is 0 Å². The maximum atomic E-state index is 12.8. The Morgan fingerprint density at radius 1 is 1.10 bits per heavy atom. The molecule has 0 aromatic heterocycles. The van der Waals surface area contributed by atoms with Crippen molar-refractivity contribution in [3.63, 3.8) is 0 Å². The average molecular weight is 295 g/mol. The van der Waals surface area contributed by atoms with Gasteiger partial charge in [-0.15, -0.1) is 0 Å². The summed E-state index contributed by atoms with van der Waals surface area (Å²) < 4.78 is 0. The van der Waals surface area contributed by atoms with Crippen molar-refractivity contribution in [3.8, 4) is 0 Å². The number of aliphatic carboxylic acids is 1. The number of carbonyl (C=O) groups is 2. The van der Waals surface area contributed by atoms with Gasteiger partial charge in [0.1, 0.15) is 6.04 Å². The van der Waals surface area contributed by atoms with Gasteiger partial charge in [-0.2, -0.15) is 0 Å². The smallest absolute Gasteiger partial charge is 0.326 e. The topological polar surface area (TPSA) is 86.9 Å². The molecule has 4 atom stereocenters. The molecule has 3 fully saturated rings. The van der Waals surface area contributed by atoms with Crippen LogP contribution in [0.15, 0.2) is 0 Å². The highest BCUT2D eigenvalue weighted by molar-refractivity contribution is 5.84. The molecule has 6 nitrogen and oxygen atoms in total. The number of fused-ring (bicyclic) bond motifs is 1. The molecule has 2 aliphatic heterocycles. The Morgan fingerprint density at radius 3 is 2.57 bits per heavy atom. The van der Waals surface area contributed by atoms with Gasteiger partial charge in [0.25, 0.3) is 0 Å². The van der Waals surface area contributed by atoms with Crippen molar-refractivity contribution in [2.45, 2.75) is 63.1 Å². The summed E-state index contributed by atoms with van der Waals surface area (Å²) in [7, 11) is 0. The second kappa shape index (κ2) is 5.83. The Kier molecular flexibility index (Phi) is 4.06. The number of likely N-dealkylation sites (tertiary alicyclic amines) is 2. The Hall–Kier alpha value is -1.30. The minimum absolute atomic E-state index is 0.0238. The first-order chi connectivity index (χ1) is 10.1. The molecule has 3 N–H and O–H groups in total. The lowest BCUT2D eigenvalue weighted by Gasteiger charge is -2.39. The molecule has 118 valence electrons. The number of carbonyl (C=O) groups excluding carboxylic acids is 1. The molecule has 3 aliphatic rings. The van der Waals surface area contributed by atoms with Crippen molar-refractivity contribution >= 4 is 12.0 Å². The van der Waals surface area contributed by atoms with E-state index in [1.54, 1.807) is 9.80 Å². The lowest BCUT2D eigenvalue weighted by Crippen LogP contribution is -2.55. The first kappa shape index (κ1) is 14.6. The highest BCUT2D eigenvalue weighted by Crippen LogP contribution is 2.40. The minimum atomic E-state index is -0.862. The fourth-order valence-electron chi connectivity index (χ4n) is 4.30. The molecule has 0 aromatic carbocycles. The van der Waals surface area contributed by atoms with E-state index in [1.165, 1.54) is 0 Å². The number of carboxylic acid groups (broad SMARTS) is 1. The van der Waals surface area contributed by atoms with Gasteiger partial charge < -0.3 is 20.6 Å². The summed E-state index contributed by atoms with van der Waals surface area (Å²) in [5, 5.41) is 9.49. The first-order valence-electron chi connectivity index (χ1n) is 8.13. The quantitative estimate of drug-likeness (QED) is 0.762. The molecule has 2 saturated heterocycles. The standard InChI is InChI=1S/C15H25N3O3/c16-11-5-3-7-17(9-11)15(21)18-12-6-2-1-4-10(12)8-13(18)14(19)20/h10-13H,1-9,16H2,(H,19,20). The summed E-state index contributed by atoms with van der Waals surface area (Å²) in [6, 6.07) is -0.614. The summed E-state index contributed by atoms with van der Waals surface area (Å²) in [6.45, 7) is 1.26. The van der Waals surface area contributed by atoms with E-state index in [4.69, 9.17) is 5.73 Å². The summed E-state index contributed by atoms with van der Waals surface area (Å²) in [5.74, 6) is -0.499. The lowest BCUT2D eigenvalue weighted by atomic mass is 9.85. The molecule has 0 spiro atoms. The van der Waals surface area contributed by atoms with E-state index in [9.17, 15) is 14.7 Å². The zero-order chi connectivity index (χ0) is 15.0. The third kappa shape index (κ3) is 2.73. The van der Waals surface area contributed by atoms with Crippen LogP contribution in [0.25, 0.3) is 0 Å². The van der Waals surface area contributed by atoms with Gasteiger partial charge in [-0.05, 0) is 38.0 Å². The zero-order valence-corrected chi connectivity index (χ0v) is 12.4. The lowest BCUT2D eigenvalue weighted by molar-refractivity contribution is -0.141. The van der Waals surface area contributed by atoms with Crippen LogP contribution in [0.2, 0.25) is 0 Å². The third-order valence-corrected chi connectivity index (χ3v) is 5.32. The highest BCUT2D eigenvalue weighted by Gasteiger charge is 2.48. The molecular formula is C15H25N3O3. The van der Waals surface area contributed by atoms with E-state index in [0.717, 1.165) is 38.5 Å². The van der Waals surface area contributed by atoms with Crippen LogP contribution in [0.5, 0.6) is 0 Å². The summed E-state index contributed by atoms with van der Waals surface area (Å²) in [4.78, 5) is 27.9. The van der Waals surface area contributed by atoms with Gasteiger partial charge in [0.15, 0.2) is 0 Å². The van der Waals surface area contributed by atoms with Crippen molar-refractivity contribution in [2.24, 2.45) is 11.7 Å². The predicted octanol–water partition coefficient (Wildman–Crippen LogP) is 1.25. The maximum Gasteiger partial charge on any atom is 0.326 e. The predicted molar refractivity (Wildman–Crippen MR) is 77.8 cm³/mol. The SMILES string of the molecule is NC1CCCN(C(=O)N2C(C(=O)O)CC3CCCCC32)C1. The van der Waals surface area contributed by atoms with E-state index in [0.29, 0.717) is 25.4 Å². The molecule has 21 heavy (non-hydrogen) atoms. The van der Waals surface area contributed by atoms with Gasteiger partial charge in [-0.3, -0.25) is 0 Å². The number of nitrogens with zero attached hydrogens (tertiary/aromatic N) is 2. The van der Waals surface area contributed by atoms with Gasteiger partial charge in [0.05, 0.1) is 0 Å². The van der Waals surface area contributed by atoms with Crippen molar-refractivity contribution in [1.82, 2.24) is 9.80 Å². The van der Waals surface area contributed by atoms with Gasteiger partial charge in [-0.25, -0.2) is 9.59 Å². The summed E-state index contributed by atoms with van der Waals surface area (Å²) in [6.07, 6.45) is 6.72. The molecule has 1 aliphatic carbocycles. The first-order valence-corrected chi connectivity index (χ1v) is 8.13. The molecule has 4 unspecified atom stereocenters. The van der Waals surface area contributed by atoms with Crippen LogP contribution in [0.3, 0.4) is 0 Å². The van der Waals surface area contributed by atoms with E-state index in [1.807, 2.05) is 0 Å². The number of rotatable bonds is 1. The van der Waals surface area contributed by atoms with E-state index in [2.05, 4.69) is 0 Å². The average Bonchev–Trinajstić information content (AvgIpc) is 2.86. The maximum absolute atomic E-state index is 12.8. The van der Waals surface area contributed by atoms with Gasteiger partial charge in [0, 0.05) is 25.2 Å². The number of urea groups is 1. The molecule has 2 heterocycles. The normalized spacial score (nSPS) is 36.4. The molecule has 0 aromatic rings. The van der Waals surface area contributed by atoms with Gasteiger partial charge >= 0.3 is 12.0 Å². The largest absolute Gasteiger partial charge is 0.480 e. The van der Waals surface area contributed by atoms with E-state index < -0.39 is 12.0 Å². The molecular weight excluding hydrogens is 270 g/mol. The summed E-state index contributed by atoms with van der Waals surface area (Å²) in [5.41, 5.74) is 5.96. The van der Waals surface area contributed by atoms with Crippen LogP contribution >= 0.6 is 0 Å². The number of carboxylic acids is 1. The van der Waals surface area contributed by atoms with Crippen LogP contribution in [-0.2, 0) is 4.79 Å². The van der Waals surface area contributed by atoms with Crippen LogP contribution in [-0.4, -0.2) is 58.1 Å². The van der Waals surface area contributed by atoms with Crippen molar-refractivity contribution in [3.05, 3.63) is 0 Å². The number of hydrogen-bond donors (Lipinski definition) is 2. The van der Waals surface area contributed by atoms with Crippen molar-refractivity contribution in [2.75, 3.05) is 13.1 Å². The van der Waals surface area contributed by atoms with Crippen LogP contribution < -0.4 is 5.73 Å². The molecule has 3 rings (SSSR count). The molecule has 6 heteroatoms. The fourth-order valence-corrected chi connectivity index (χ4v) is 4.30. The number of hydrogen-bond acceptors (Lipinski definition) is 3. The molecule has 1 saturated carbocycles. The molecule has 0 bridgehead atoms. The molecule has 0 radical (unpaired) electrons. The monoisotopic (exact) mass is 295 g/mol. The zero-order valence-electron chi connectivity index (χ0n) is 12.4. The van der Waals surface area contributed by atoms with Gasteiger partial charge in [-0.1, -0.05) is 12.8 Å². The number of amides is 2. The Morgan fingerprint density at radius 2 is 1.86 bits per heavy atom. The van der Waals surface area contributed by atoms with Crippen LogP contribution in [0.4, 0.5) is 4.79 Å². The van der Waals surface area contributed by atoms with Crippen molar-refractivity contribution < 1.29 is 14.7 Å². The Labute approximate surface area is 125 Å². The Bertz CT molecular complexity index is 428. The van der Waals surface area contributed by atoms with Gasteiger partial charge in [0.2, 0.25) is 0 Å². The summed E-state index contributed by atoms with van der Waals surface area (Å²) >= 11 is 0. The van der Waals surface area contributed by atoms with E-state index in [-0.39, 0.29) is 18.1 Å². The van der Waals surface area contributed by atoms with E-state index >= 15 is 0 Å². The van der Waals surface area contributed by atoms with Crippen LogP contribution in [0.1, 0.15) is 44.9 Å².